The largest absolute Gasteiger partial charge is 0.494 e. The number of guanidine groups is 1. The molecule has 1 saturated heterocycles. The van der Waals surface area contributed by atoms with Crippen molar-refractivity contribution in [2.45, 2.75) is 32.7 Å². The molecule has 6 nitrogen and oxygen atoms in total. The third kappa shape index (κ3) is 10.2. The zero-order valence-corrected chi connectivity index (χ0v) is 19.0. The molecule has 1 aromatic rings. The summed E-state index contributed by atoms with van der Waals surface area (Å²) in [5.74, 6) is 1.84. The summed E-state index contributed by atoms with van der Waals surface area (Å²) in [6.07, 6.45) is 2.07. The van der Waals surface area contributed by atoms with Gasteiger partial charge in [0.05, 0.1) is 26.4 Å². The first-order chi connectivity index (χ1) is 12.8. The van der Waals surface area contributed by atoms with Crippen LogP contribution >= 0.6 is 24.0 Å². The number of nitrogens with zero attached hydrogens (tertiary/aromatic N) is 2. The van der Waals surface area contributed by atoms with Gasteiger partial charge in [-0.25, -0.2) is 0 Å². The smallest absolute Gasteiger partial charge is 0.191 e. The molecule has 1 fully saturated rings. The highest BCUT2D eigenvalue weighted by Crippen LogP contribution is 2.08. The van der Waals surface area contributed by atoms with E-state index in [0.717, 1.165) is 77.1 Å². The predicted octanol–water partition coefficient (Wildman–Crippen LogP) is 2.74. The molecule has 0 aromatic heterocycles. The number of rotatable bonds is 10. The molecule has 0 radical (unpaired) electrons. The van der Waals surface area contributed by atoms with Gasteiger partial charge in [0.2, 0.25) is 0 Å². The van der Waals surface area contributed by atoms with Crippen molar-refractivity contribution in [1.29, 1.82) is 0 Å². The van der Waals surface area contributed by atoms with E-state index in [1.54, 1.807) is 0 Å². The number of benzene rings is 1. The van der Waals surface area contributed by atoms with Gasteiger partial charge >= 0.3 is 0 Å². The van der Waals surface area contributed by atoms with E-state index in [2.05, 4.69) is 29.4 Å². The van der Waals surface area contributed by atoms with Gasteiger partial charge in [0.25, 0.3) is 0 Å². The topological polar surface area (TPSA) is 58.1 Å². The summed E-state index contributed by atoms with van der Waals surface area (Å²) in [6.45, 7) is 11.3. The molecule has 1 aromatic carbocycles. The average molecular weight is 490 g/mol. The third-order valence-electron chi connectivity index (χ3n) is 4.40. The van der Waals surface area contributed by atoms with E-state index in [-0.39, 0.29) is 24.0 Å². The van der Waals surface area contributed by atoms with Gasteiger partial charge in [-0.05, 0) is 38.8 Å². The lowest BCUT2D eigenvalue weighted by atomic mass is 10.2. The van der Waals surface area contributed by atoms with Crippen molar-refractivity contribution in [2.75, 3.05) is 52.5 Å². The first-order valence-corrected chi connectivity index (χ1v) is 9.81. The van der Waals surface area contributed by atoms with E-state index >= 15 is 0 Å². The molecule has 7 heteroatoms. The zero-order valence-electron chi connectivity index (χ0n) is 16.7. The molecule has 0 amide bonds. The van der Waals surface area contributed by atoms with Gasteiger partial charge in [0.15, 0.2) is 5.96 Å². The molecular weight excluding hydrogens is 455 g/mol. The molecule has 1 heterocycles. The van der Waals surface area contributed by atoms with Crippen molar-refractivity contribution < 1.29 is 9.47 Å². The molecule has 2 rings (SSSR count). The summed E-state index contributed by atoms with van der Waals surface area (Å²) in [7, 11) is 0. The number of hydrogen-bond acceptors (Lipinski definition) is 4. The zero-order chi connectivity index (χ0) is 18.5. The second kappa shape index (κ2) is 14.9. The van der Waals surface area contributed by atoms with Gasteiger partial charge in [0, 0.05) is 32.2 Å². The van der Waals surface area contributed by atoms with Crippen molar-refractivity contribution in [3.8, 4) is 5.75 Å². The highest BCUT2D eigenvalue weighted by molar-refractivity contribution is 14.0. The van der Waals surface area contributed by atoms with Gasteiger partial charge in [-0.3, -0.25) is 9.89 Å². The summed E-state index contributed by atoms with van der Waals surface area (Å²) in [5, 5.41) is 6.74. The van der Waals surface area contributed by atoms with Gasteiger partial charge in [-0.2, -0.15) is 0 Å². The minimum absolute atomic E-state index is 0. The Morgan fingerprint density at radius 1 is 1.19 bits per heavy atom. The number of morpholine rings is 1. The van der Waals surface area contributed by atoms with Crippen molar-refractivity contribution >= 4 is 29.9 Å². The van der Waals surface area contributed by atoms with Crippen LogP contribution in [-0.2, 0) is 4.74 Å². The number of hydrogen-bond donors (Lipinski definition) is 2. The van der Waals surface area contributed by atoms with Crippen LogP contribution in [0.2, 0.25) is 0 Å². The molecule has 1 unspecified atom stereocenters. The maximum atomic E-state index is 5.72. The van der Waals surface area contributed by atoms with E-state index in [1.807, 2.05) is 30.3 Å². The number of para-hydroxylation sites is 1. The molecule has 154 valence electrons. The molecule has 1 aliphatic heterocycles. The molecule has 0 bridgehead atoms. The Labute approximate surface area is 181 Å². The van der Waals surface area contributed by atoms with Crippen molar-refractivity contribution in [1.82, 2.24) is 15.5 Å². The first-order valence-electron chi connectivity index (χ1n) is 9.81. The number of nitrogens with one attached hydrogen (secondary N) is 2. The third-order valence-corrected chi connectivity index (χ3v) is 4.40. The van der Waals surface area contributed by atoms with Crippen LogP contribution in [0.3, 0.4) is 0 Å². The van der Waals surface area contributed by atoms with Crippen LogP contribution in [0.5, 0.6) is 5.75 Å². The van der Waals surface area contributed by atoms with E-state index in [0.29, 0.717) is 6.04 Å². The van der Waals surface area contributed by atoms with Crippen LogP contribution in [-0.4, -0.2) is 69.4 Å². The number of aliphatic imine (C=N–C) groups is 1. The lowest BCUT2D eigenvalue weighted by Crippen LogP contribution is -2.44. The molecule has 27 heavy (non-hydrogen) atoms. The van der Waals surface area contributed by atoms with Gasteiger partial charge in [-0.1, -0.05) is 18.2 Å². The van der Waals surface area contributed by atoms with Gasteiger partial charge in [0.1, 0.15) is 5.75 Å². The fraction of sp³-hybridized carbons (Fsp3) is 0.650. The van der Waals surface area contributed by atoms with Crippen LogP contribution in [0.1, 0.15) is 26.7 Å². The van der Waals surface area contributed by atoms with Crippen LogP contribution in [0.25, 0.3) is 0 Å². The second-order valence-electron chi connectivity index (χ2n) is 6.51. The highest BCUT2D eigenvalue weighted by atomic mass is 127. The van der Waals surface area contributed by atoms with Crippen molar-refractivity contribution in [3.05, 3.63) is 30.3 Å². The molecule has 0 saturated carbocycles. The highest BCUT2D eigenvalue weighted by Gasteiger charge is 2.16. The average Bonchev–Trinajstić information content (AvgIpc) is 2.69. The number of halogens is 1. The minimum atomic E-state index is 0. The summed E-state index contributed by atoms with van der Waals surface area (Å²) in [5.41, 5.74) is 0. The minimum Gasteiger partial charge on any atom is -0.494 e. The Morgan fingerprint density at radius 2 is 1.93 bits per heavy atom. The molecule has 2 N–H and O–H groups in total. The molecule has 1 atom stereocenters. The maximum Gasteiger partial charge on any atom is 0.191 e. The Kier molecular flexibility index (Phi) is 13.3. The Hall–Kier alpha value is -1.06. The molecule has 0 spiro atoms. The standard InChI is InChI=1S/C20H34N4O2.HI/c1-3-21-20(23-17-18(2)24-12-15-25-16-13-24)22-11-7-8-14-26-19-9-5-4-6-10-19;/h4-6,9-10,18H,3,7-8,11-17H2,1-2H3,(H2,21,22,23);1H. The molecular formula is C20H35IN4O2. The fourth-order valence-corrected chi connectivity index (χ4v) is 2.84. The Morgan fingerprint density at radius 3 is 2.63 bits per heavy atom. The number of ether oxygens (including phenoxy) is 2. The van der Waals surface area contributed by atoms with Crippen LogP contribution in [0.4, 0.5) is 0 Å². The Balaban J connectivity index is 0.00000364. The Bertz CT molecular complexity index is 510. The van der Waals surface area contributed by atoms with Gasteiger partial charge in [-0.15, -0.1) is 24.0 Å². The lowest BCUT2D eigenvalue weighted by Gasteiger charge is -2.31. The number of unbranched alkanes of at least 4 members (excludes halogenated alkanes) is 1. The lowest BCUT2D eigenvalue weighted by molar-refractivity contribution is 0.0220. The first kappa shape index (κ1) is 24.0. The summed E-state index contributed by atoms with van der Waals surface area (Å²) in [6, 6.07) is 10.4. The van der Waals surface area contributed by atoms with Gasteiger partial charge < -0.3 is 20.1 Å². The van der Waals surface area contributed by atoms with E-state index in [9.17, 15) is 0 Å². The van der Waals surface area contributed by atoms with Crippen LogP contribution < -0.4 is 15.4 Å². The molecule has 0 aliphatic carbocycles. The molecule has 1 aliphatic rings. The quantitative estimate of drug-likeness (QED) is 0.229. The van der Waals surface area contributed by atoms with E-state index < -0.39 is 0 Å². The van der Waals surface area contributed by atoms with E-state index in [1.165, 1.54) is 0 Å². The van der Waals surface area contributed by atoms with E-state index in [4.69, 9.17) is 14.5 Å². The van der Waals surface area contributed by atoms with Crippen molar-refractivity contribution in [2.24, 2.45) is 4.99 Å². The normalized spacial score (nSPS) is 16.3. The van der Waals surface area contributed by atoms with Crippen LogP contribution in [0.15, 0.2) is 35.3 Å². The van der Waals surface area contributed by atoms with Crippen molar-refractivity contribution in [3.63, 3.8) is 0 Å². The maximum absolute atomic E-state index is 5.72. The monoisotopic (exact) mass is 490 g/mol. The second-order valence-corrected chi connectivity index (χ2v) is 6.51. The summed E-state index contributed by atoms with van der Waals surface area (Å²) >= 11 is 0. The van der Waals surface area contributed by atoms with Crippen LogP contribution in [0, 0.1) is 0 Å². The predicted molar refractivity (Wildman–Crippen MR) is 122 cm³/mol. The SMILES string of the molecule is CCNC(=NCC(C)N1CCOCC1)NCCCCOc1ccccc1.I. The summed E-state index contributed by atoms with van der Waals surface area (Å²) in [4.78, 5) is 7.18. The summed E-state index contributed by atoms with van der Waals surface area (Å²) < 4.78 is 11.1. The fourth-order valence-electron chi connectivity index (χ4n) is 2.84.